The Morgan fingerprint density at radius 1 is 1.80 bits per heavy atom. The number of halogens is 1. The summed E-state index contributed by atoms with van der Waals surface area (Å²) in [7, 11) is 0. The van der Waals surface area contributed by atoms with Gasteiger partial charge in [0.2, 0.25) is 6.41 Å². The molecule has 1 fully saturated rings. The van der Waals surface area contributed by atoms with Crippen LogP contribution < -0.4 is 0 Å². The molecule has 0 radical (unpaired) electrons. The molecule has 2 atom stereocenters. The SMILES string of the molecule is N#CC1CC(F)CN1C=O. The highest BCUT2D eigenvalue weighted by Crippen LogP contribution is 2.17. The molecule has 0 bridgehead atoms. The summed E-state index contributed by atoms with van der Waals surface area (Å²) in [5.41, 5.74) is 0. The molecule has 0 aromatic heterocycles. The molecule has 1 heterocycles. The second-order valence-corrected chi connectivity index (χ2v) is 2.28. The van der Waals surface area contributed by atoms with Crippen LogP contribution in [0.5, 0.6) is 0 Å². The van der Waals surface area contributed by atoms with Crippen LogP contribution in [0.15, 0.2) is 0 Å². The minimum Gasteiger partial charge on any atom is -0.326 e. The van der Waals surface area contributed by atoms with Crippen molar-refractivity contribution < 1.29 is 9.18 Å². The largest absolute Gasteiger partial charge is 0.326 e. The lowest BCUT2D eigenvalue weighted by Gasteiger charge is -2.10. The molecular weight excluding hydrogens is 135 g/mol. The Kier molecular flexibility index (Phi) is 1.86. The molecule has 0 aromatic carbocycles. The summed E-state index contributed by atoms with van der Waals surface area (Å²) in [6.07, 6.45) is -0.335. The van der Waals surface area contributed by atoms with E-state index in [-0.39, 0.29) is 13.0 Å². The summed E-state index contributed by atoms with van der Waals surface area (Å²) in [6.45, 7) is 0.0712. The summed E-state index contributed by atoms with van der Waals surface area (Å²) in [5.74, 6) is 0. The fourth-order valence-corrected chi connectivity index (χ4v) is 1.05. The predicted octanol–water partition coefficient (Wildman–Crippen LogP) is 0.0788. The van der Waals surface area contributed by atoms with Crippen LogP contribution in [-0.2, 0) is 4.79 Å². The fourth-order valence-electron chi connectivity index (χ4n) is 1.05. The van der Waals surface area contributed by atoms with E-state index in [9.17, 15) is 9.18 Å². The lowest BCUT2D eigenvalue weighted by molar-refractivity contribution is -0.118. The van der Waals surface area contributed by atoms with Crippen LogP contribution in [0, 0.1) is 11.3 Å². The van der Waals surface area contributed by atoms with E-state index in [1.807, 2.05) is 6.07 Å². The average molecular weight is 142 g/mol. The Bertz CT molecular complexity index is 177. The van der Waals surface area contributed by atoms with Gasteiger partial charge >= 0.3 is 0 Å². The van der Waals surface area contributed by atoms with Gasteiger partial charge in [0.25, 0.3) is 0 Å². The standard InChI is InChI=1S/C6H7FN2O/c7-5-1-6(2-8)9(3-5)4-10/h4-6H,1,3H2. The van der Waals surface area contributed by atoms with Crippen LogP contribution in [0.25, 0.3) is 0 Å². The maximum absolute atomic E-state index is 12.4. The summed E-state index contributed by atoms with van der Waals surface area (Å²) in [6, 6.07) is 1.30. The Labute approximate surface area is 58.0 Å². The monoisotopic (exact) mass is 142 g/mol. The van der Waals surface area contributed by atoms with Gasteiger partial charge in [-0.2, -0.15) is 5.26 Å². The quantitative estimate of drug-likeness (QED) is 0.486. The zero-order chi connectivity index (χ0) is 7.56. The van der Waals surface area contributed by atoms with Crippen molar-refractivity contribution in [1.82, 2.24) is 4.90 Å². The van der Waals surface area contributed by atoms with Crippen LogP contribution in [0.2, 0.25) is 0 Å². The Morgan fingerprint density at radius 2 is 2.50 bits per heavy atom. The molecule has 0 spiro atoms. The summed E-state index contributed by atoms with van der Waals surface area (Å²) in [5, 5.41) is 8.37. The number of hydrogen-bond donors (Lipinski definition) is 0. The number of carbonyl (C=O) groups is 1. The molecule has 0 saturated carbocycles. The molecule has 1 aliphatic heterocycles. The number of alkyl halides is 1. The highest BCUT2D eigenvalue weighted by Gasteiger charge is 2.30. The van der Waals surface area contributed by atoms with Gasteiger partial charge in [0.1, 0.15) is 12.2 Å². The van der Waals surface area contributed by atoms with E-state index in [0.717, 1.165) is 0 Å². The van der Waals surface area contributed by atoms with Crippen molar-refractivity contribution in [1.29, 1.82) is 5.26 Å². The second kappa shape index (κ2) is 2.65. The van der Waals surface area contributed by atoms with Gasteiger partial charge in [-0.15, -0.1) is 0 Å². The number of amides is 1. The number of hydrogen-bond acceptors (Lipinski definition) is 2. The van der Waals surface area contributed by atoms with Crippen LogP contribution in [0.3, 0.4) is 0 Å². The lowest BCUT2D eigenvalue weighted by Crippen LogP contribution is -2.26. The molecule has 3 nitrogen and oxygen atoms in total. The van der Waals surface area contributed by atoms with Gasteiger partial charge < -0.3 is 4.90 Å². The molecule has 1 amide bonds. The smallest absolute Gasteiger partial charge is 0.210 e. The number of nitrogens with zero attached hydrogens (tertiary/aromatic N) is 2. The first kappa shape index (κ1) is 7.00. The Balaban J connectivity index is 2.59. The third-order valence-corrected chi connectivity index (χ3v) is 1.57. The van der Waals surface area contributed by atoms with E-state index in [4.69, 9.17) is 5.26 Å². The van der Waals surface area contributed by atoms with Crippen molar-refractivity contribution >= 4 is 6.41 Å². The predicted molar refractivity (Wildman–Crippen MR) is 31.7 cm³/mol. The second-order valence-electron chi connectivity index (χ2n) is 2.28. The molecule has 2 unspecified atom stereocenters. The van der Waals surface area contributed by atoms with Crippen molar-refractivity contribution in [2.75, 3.05) is 6.54 Å². The topological polar surface area (TPSA) is 44.1 Å². The number of rotatable bonds is 1. The molecule has 1 aliphatic rings. The zero-order valence-electron chi connectivity index (χ0n) is 5.33. The first-order valence-electron chi connectivity index (χ1n) is 3.02. The van der Waals surface area contributed by atoms with Crippen molar-refractivity contribution in [3.63, 3.8) is 0 Å². The number of carbonyl (C=O) groups excluding carboxylic acids is 1. The van der Waals surface area contributed by atoms with Gasteiger partial charge in [-0.3, -0.25) is 4.79 Å². The van der Waals surface area contributed by atoms with Crippen molar-refractivity contribution in [3.8, 4) is 6.07 Å². The van der Waals surface area contributed by atoms with Crippen LogP contribution >= 0.6 is 0 Å². The molecule has 1 saturated heterocycles. The van der Waals surface area contributed by atoms with E-state index in [1.54, 1.807) is 0 Å². The van der Waals surface area contributed by atoms with E-state index in [2.05, 4.69) is 0 Å². The van der Waals surface area contributed by atoms with Crippen LogP contribution in [-0.4, -0.2) is 30.1 Å². The van der Waals surface area contributed by atoms with Gasteiger partial charge in [-0.1, -0.05) is 0 Å². The maximum Gasteiger partial charge on any atom is 0.210 e. The molecule has 1 rings (SSSR count). The van der Waals surface area contributed by atoms with Gasteiger partial charge in [0, 0.05) is 6.42 Å². The molecule has 4 heteroatoms. The molecular formula is C6H7FN2O. The van der Waals surface area contributed by atoms with E-state index >= 15 is 0 Å². The molecule has 10 heavy (non-hydrogen) atoms. The summed E-state index contributed by atoms with van der Waals surface area (Å²) < 4.78 is 12.4. The lowest BCUT2D eigenvalue weighted by atomic mass is 10.2. The molecule has 0 aliphatic carbocycles. The molecule has 0 aromatic rings. The van der Waals surface area contributed by atoms with E-state index < -0.39 is 12.2 Å². The van der Waals surface area contributed by atoms with Crippen LogP contribution in [0.1, 0.15) is 6.42 Å². The minimum absolute atomic E-state index is 0.0712. The van der Waals surface area contributed by atoms with Crippen molar-refractivity contribution in [2.24, 2.45) is 0 Å². The van der Waals surface area contributed by atoms with E-state index in [0.29, 0.717) is 6.41 Å². The average Bonchev–Trinajstić information content (AvgIpc) is 2.30. The highest BCUT2D eigenvalue weighted by atomic mass is 19.1. The highest BCUT2D eigenvalue weighted by molar-refractivity contribution is 5.49. The van der Waals surface area contributed by atoms with Gasteiger partial charge in [0.05, 0.1) is 12.6 Å². The molecule has 0 N–H and O–H groups in total. The summed E-state index contributed by atoms with van der Waals surface area (Å²) >= 11 is 0. The Hall–Kier alpha value is -1.11. The van der Waals surface area contributed by atoms with Gasteiger partial charge in [0.15, 0.2) is 0 Å². The third-order valence-electron chi connectivity index (χ3n) is 1.57. The summed E-state index contributed by atoms with van der Waals surface area (Å²) in [4.78, 5) is 11.3. The Morgan fingerprint density at radius 3 is 2.90 bits per heavy atom. The molecule has 54 valence electrons. The zero-order valence-corrected chi connectivity index (χ0v) is 5.33. The van der Waals surface area contributed by atoms with E-state index in [1.165, 1.54) is 4.90 Å². The first-order valence-corrected chi connectivity index (χ1v) is 3.02. The van der Waals surface area contributed by atoms with Gasteiger partial charge in [-0.25, -0.2) is 4.39 Å². The number of likely N-dealkylation sites (tertiary alicyclic amines) is 1. The van der Waals surface area contributed by atoms with Crippen molar-refractivity contribution in [2.45, 2.75) is 18.6 Å². The van der Waals surface area contributed by atoms with Crippen LogP contribution in [0.4, 0.5) is 4.39 Å². The third kappa shape index (κ3) is 1.08. The van der Waals surface area contributed by atoms with Gasteiger partial charge in [-0.05, 0) is 0 Å². The number of nitriles is 1. The van der Waals surface area contributed by atoms with Crippen molar-refractivity contribution in [3.05, 3.63) is 0 Å². The first-order chi connectivity index (χ1) is 4.77. The minimum atomic E-state index is -1.02. The fraction of sp³-hybridized carbons (Fsp3) is 0.667. The normalized spacial score (nSPS) is 31.8. The maximum atomic E-state index is 12.4.